The molecule has 2 aromatic heterocycles. The lowest BCUT2D eigenvalue weighted by Gasteiger charge is -2.04. The number of hydrogen-bond acceptors (Lipinski definition) is 5. The van der Waals surface area contributed by atoms with Crippen LogP contribution in [-0.4, -0.2) is 26.1 Å². The van der Waals surface area contributed by atoms with Crippen molar-refractivity contribution in [1.29, 1.82) is 0 Å². The minimum Gasteiger partial charge on any atom is -0.324 e. The summed E-state index contributed by atoms with van der Waals surface area (Å²) in [6.45, 7) is 1.91. The predicted molar refractivity (Wildman–Crippen MR) is 73.3 cm³/mol. The molecule has 2 atom stereocenters. The first-order valence-electron chi connectivity index (χ1n) is 6.22. The molecule has 1 fully saturated rings. The third kappa shape index (κ3) is 2.75. The van der Waals surface area contributed by atoms with Crippen molar-refractivity contribution >= 4 is 23.2 Å². The Kier molecular flexibility index (Phi) is 3.31. The van der Waals surface area contributed by atoms with Crippen LogP contribution in [0.2, 0.25) is 5.15 Å². The van der Waals surface area contributed by atoms with Crippen molar-refractivity contribution in [3.05, 3.63) is 41.2 Å². The number of hydrogen-bond donors (Lipinski definition) is 1. The molecule has 0 bridgehead atoms. The van der Waals surface area contributed by atoms with Crippen LogP contribution in [0, 0.1) is 12.8 Å². The highest BCUT2D eigenvalue weighted by atomic mass is 35.5. The smallest absolute Gasteiger partial charge is 0.228 e. The zero-order valence-electron chi connectivity index (χ0n) is 10.7. The third-order valence-electron chi connectivity index (χ3n) is 3.16. The number of aryl methyl sites for hydroxylation is 1. The first-order valence-corrected chi connectivity index (χ1v) is 6.60. The van der Waals surface area contributed by atoms with Gasteiger partial charge in [-0.1, -0.05) is 11.6 Å². The van der Waals surface area contributed by atoms with E-state index in [2.05, 4.69) is 25.5 Å². The van der Waals surface area contributed by atoms with Gasteiger partial charge in [-0.2, -0.15) is 5.10 Å². The Bertz CT molecular complexity index is 663. The maximum absolute atomic E-state index is 12.1. The highest BCUT2D eigenvalue weighted by Crippen LogP contribution is 2.46. The highest BCUT2D eigenvalue weighted by molar-refractivity contribution is 6.29. The Balaban J connectivity index is 1.66. The van der Waals surface area contributed by atoms with E-state index in [1.54, 1.807) is 12.3 Å². The maximum atomic E-state index is 12.1. The van der Waals surface area contributed by atoms with Gasteiger partial charge in [0.05, 0.1) is 11.9 Å². The summed E-state index contributed by atoms with van der Waals surface area (Å²) in [5, 5.41) is 10.3. The van der Waals surface area contributed by atoms with E-state index in [-0.39, 0.29) is 22.9 Å². The fourth-order valence-corrected chi connectivity index (χ4v) is 2.22. The predicted octanol–water partition coefficient (Wildman–Crippen LogP) is 1.97. The van der Waals surface area contributed by atoms with E-state index in [1.807, 2.05) is 13.0 Å². The molecular weight excluding hydrogens is 278 g/mol. The van der Waals surface area contributed by atoms with E-state index < -0.39 is 0 Å². The quantitative estimate of drug-likeness (QED) is 0.934. The van der Waals surface area contributed by atoms with Gasteiger partial charge in [0.15, 0.2) is 5.15 Å². The molecule has 1 amide bonds. The van der Waals surface area contributed by atoms with Gasteiger partial charge in [-0.05, 0) is 19.4 Å². The van der Waals surface area contributed by atoms with Crippen LogP contribution in [0.15, 0.2) is 24.5 Å². The van der Waals surface area contributed by atoms with Crippen molar-refractivity contribution in [3.8, 4) is 0 Å². The Morgan fingerprint density at radius 3 is 3.10 bits per heavy atom. The third-order valence-corrected chi connectivity index (χ3v) is 3.35. The topological polar surface area (TPSA) is 80.7 Å². The lowest BCUT2D eigenvalue weighted by Crippen LogP contribution is -2.15. The Morgan fingerprint density at radius 2 is 2.35 bits per heavy atom. The second-order valence-electron chi connectivity index (χ2n) is 4.76. The van der Waals surface area contributed by atoms with Gasteiger partial charge in [-0.15, -0.1) is 5.10 Å². The number of halogens is 1. The lowest BCUT2D eigenvalue weighted by atomic mass is 10.2. The molecule has 102 valence electrons. The molecule has 1 aliphatic carbocycles. The fraction of sp³-hybridized carbons (Fsp3) is 0.308. The number of aromatic nitrogens is 4. The lowest BCUT2D eigenvalue weighted by molar-refractivity contribution is -0.117. The number of anilines is 1. The number of rotatable bonds is 3. The van der Waals surface area contributed by atoms with E-state index in [1.165, 1.54) is 6.20 Å². The first-order chi connectivity index (χ1) is 9.63. The van der Waals surface area contributed by atoms with Crippen LogP contribution in [0.5, 0.6) is 0 Å². The van der Waals surface area contributed by atoms with Gasteiger partial charge in [0.25, 0.3) is 0 Å². The first kappa shape index (κ1) is 12.9. The molecule has 2 heterocycles. The van der Waals surface area contributed by atoms with Crippen LogP contribution < -0.4 is 5.32 Å². The molecule has 6 nitrogen and oxygen atoms in total. The fourth-order valence-electron chi connectivity index (χ4n) is 2.06. The molecule has 3 rings (SSSR count). The van der Waals surface area contributed by atoms with Crippen LogP contribution >= 0.6 is 11.6 Å². The molecule has 1 saturated carbocycles. The van der Waals surface area contributed by atoms with Crippen molar-refractivity contribution in [1.82, 2.24) is 20.2 Å². The van der Waals surface area contributed by atoms with Crippen LogP contribution in [0.3, 0.4) is 0 Å². The van der Waals surface area contributed by atoms with Crippen LogP contribution in [0.4, 0.5) is 5.69 Å². The Hall–Kier alpha value is -2.08. The van der Waals surface area contributed by atoms with Crippen molar-refractivity contribution < 1.29 is 4.79 Å². The molecule has 7 heteroatoms. The SMILES string of the molecule is Cc1ccnc([C@H]2C[C@@H]2C(=O)Nc2cnnc(Cl)c2)n1. The van der Waals surface area contributed by atoms with Crippen molar-refractivity contribution in [3.63, 3.8) is 0 Å². The molecule has 2 aromatic rings. The number of carbonyl (C=O) groups excluding carboxylic acids is 1. The zero-order chi connectivity index (χ0) is 14.1. The van der Waals surface area contributed by atoms with Crippen LogP contribution in [-0.2, 0) is 4.79 Å². The summed E-state index contributed by atoms with van der Waals surface area (Å²) in [4.78, 5) is 20.7. The Morgan fingerprint density at radius 1 is 1.50 bits per heavy atom. The minimum absolute atomic E-state index is 0.0656. The number of amides is 1. The molecule has 20 heavy (non-hydrogen) atoms. The standard InChI is InChI=1S/C13H12ClN5O/c1-7-2-3-15-12(17-7)9-5-10(9)13(20)18-8-4-11(14)19-16-6-8/h2-4,6,9-10H,5H2,1H3,(H,18,19,20)/t9-,10-/m0/s1. The van der Waals surface area contributed by atoms with Crippen LogP contribution in [0.25, 0.3) is 0 Å². The molecule has 0 aromatic carbocycles. The van der Waals surface area contributed by atoms with Crippen molar-refractivity contribution in [2.45, 2.75) is 19.3 Å². The number of nitrogens with zero attached hydrogens (tertiary/aromatic N) is 4. The van der Waals surface area contributed by atoms with E-state index in [0.29, 0.717) is 5.69 Å². The minimum atomic E-state index is -0.0938. The summed E-state index contributed by atoms with van der Waals surface area (Å²) < 4.78 is 0. The van der Waals surface area contributed by atoms with Gasteiger partial charge in [0.2, 0.25) is 5.91 Å². The van der Waals surface area contributed by atoms with E-state index >= 15 is 0 Å². The van der Waals surface area contributed by atoms with Crippen molar-refractivity contribution in [2.24, 2.45) is 5.92 Å². The van der Waals surface area contributed by atoms with Gasteiger partial charge in [-0.25, -0.2) is 9.97 Å². The summed E-state index contributed by atoms with van der Waals surface area (Å²) in [5.41, 5.74) is 1.46. The monoisotopic (exact) mass is 289 g/mol. The zero-order valence-corrected chi connectivity index (χ0v) is 11.5. The highest BCUT2D eigenvalue weighted by Gasteiger charge is 2.46. The maximum Gasteiger partial charge on any atom is 0.228 e. The molecular formula is C13H12ClN5O. The molecule has 0 radical (unpaired) electrons. The normalized spacial score (nSPS) is 20.5. The molecule has 0 unspecified atom stereocenters. The summed E-state index contributed by atoms with van der Waals surface area (Å²) in [6.07, 6.45) is 3.95. The summed E-state index contributed by atoms with van der Waals surface area (Å²) in [7, 11) is 0. The summed E-state index contributed by atoms with van der Waals surface area (Å²) in [5.74, 6) is 0.670. The van der Waals surface area contributed by atoms with Gasteiger partial charge in [0.1, 0.15) is 5.82 Å². The van der Waals surface area contributed by atoms with E-state index in [0.717, 1.165) is 17.9 Å². The molecule has 0 aliphatic heterocycles. The summed E-state index contributed by atoms with van der Waals surface area (Å²) in [6, 6.07) is 3.40. The molecule has 1 N–H and O–H groups in total. The van der Waals surface area contributed by atoms with Gasteiger partial charge < -0.3 is 5.32 Å². The molecule has 0 spiro atoms. The van der Waals surface area contributed by atoms with E-state index in [9.17, 15) is 4.79 Å². The second kappa shape index (κ2) is 5.13. The van der Waals surface area contributed by atoms with Gasteiger partial charge in [-0.3, -0.25) is 4.79 Å². The number of nitrogens with one attached hydrogen (secondary N) is 1. The Labute approximate surface area is 120 Å². The molecule has 1 aliphatic rings. The number of carbonyl (C=O) groups is 1. The average Bonchev–Trinajstić information content (AvgIpc) is 3.19. The van der Waals surface area contributed by atoms with Crippen LogP contribution in [0.1, 0.15) is 23.9 Å². The largest absolute Gasteiger partial charge is 0.324 e. The second-order valence-corrected chi connectivity index (χ2v) is 5.15. The van der Waals surface area contributed by atoms with E-state index in [4.69, 9.17) is 11.6 Å². The summed E-state index contributed by atoms with van der Waals surface area (Å²) >= 11 is 5.72. The molecule has 0 saturated heterocycles. The van der Waals surface area contributed by atoms with Crippen molar-refractivity contribution in [2.75, 3.05) is 5.32 Å². The van der Waals surface area contributed by atoms with Gasteiger partial charge in [0, 0.05) is 29.8 Å². The average molecular weight is 290 g/mol. The van der Waals surface area contributed by atoms with Gasteiger partial charge >= 0.3 is 0 Å².